The average Bonchev–Trinajstić information content (AvgIpc) is 3.38. The van der Waals surface area contributed by atoms with E-state index in [1.807, 2.05) is 30.3 Å². The molecule has 0 aliphatic carbocycles. The van der Waals surface area contributed by atoms with Crippen molar-refractivity contribution in [2.45, 2.75) is 23.8 Å². The van der Waals surface area contributed by atoms with Crippen LogP contribution in [0, 0.1) is 23.3 Å². The Kier molecular flexibility index (Phi) is 7.02. The molecule has 3 aromatic carbocycles. The fourth-order valence-corrected chi connectivity index (χ4v) is 6.65. The minimum Gasteiger partial charge on any atom is -0.457 e. The molecule has 0 amide bonds. The van der Waals surface area contributed by atoms with Crippen molar-refractivity contribution in [1.82, 2.24) is 24.1 Å². The molecule has 1 saturated heterocycles. The van der Waals surface area contributed by atoms with Crippen LogP contribution < -0.4 is 10.5 Å². The number of halogens is 4. The molecule has 2 N–H and O–H groups in total. The van der Waals surface area contributed by atoms with Gasteiger partial charge in [-0.05, 0) is 49.2 Å². The van der Waals surface area contributed by atoms with Gasteiger partial charge in [0.1, 0.15) is 29.3 Å². The van der Waals surface area contributed by atoms with Crippen molar-refractivity contribution >= 4 is 26.9 Å². The first kappa shape index (κ1) is 27.6. The standard InChI is InChI=1S/C28H22F4N6O3S/c29-20-13-21(30)24(32)26(23(20)31)42(39,40)37-12-4-5-17(14-37)38-28-22(27(33)34-15-35-28)25(36-38)16-8-10-19(11-9-16)41-18-6-2-1-3-7-18/h1-3,6-11,13,15,17H,4-5,12,14H2,(H2,33,34,35)/t17-/m1/s1. The Morgan fingerprint density at radius 1 is 0.905 bits per heavy atom. The second kappa shape index (κ2) is 10.7. The molecule has 14 heteroatoms. The van der Waals surface area contributed by atoms with Crippen molar-refractivity contribution in [1.29, 1.82) is 0 Å². The van der Waals surface area contributed by atoms with E-state index in [9.17, 15) is 26.0 Å². The summed E-state index contributed by atoms with van der Waals surface area (Å²) in [5, 5.41) is 5.14. The zero-order valence-electron chi connectivity index (χ0n) is 21.7. The van der Waals surface area contributed by atoms with Crippen molar-refractivity contribution in [2.24, 2.45) is 0 Å². The topological polar surface area (TPSA) is 116 Å². The summed E-state index contributed by atoms with van der Waals surface area (Å²) in [6, 6.07) is 15.6. The Bertz CT molecular complexity index is 1880. The molecule has 0 saturated carbocycles. The van der Waals surface area contributed by atoms with Gasteiger partial charge >= 0.3 is 0 Å². The number of benzene rings is 3. The predicted octanol–water partition coefficient (Wildman–Crippen LogP) is 5.45. The maximum Gasteiger partial charge on any atom is 0.249 e. The molecule has 6 rings (SSSR count). The number of hydrogen-bond donors (Lipinski definition) is 1. The third kappa shape index (κ3) is 4.81. The molecule has 1 fully saturated rings. The third-order valence-corrected chi connectivity index (χ3v) is 8.89. The van der Waals surface area contributed by atoms with Crippen molar-refractivity contribution in [2.75, 3.05) is 18.8 Å². The summed E-state index contributed by atoms with van der Waals surface area (Å²) in [7, 11) is -4.96. The lowest BCUT2D eigenvalue weighted by Gasteiger charge is -2.32. The van der Waals surface area contributed by atoms with E-state index in [0.717, 1.165) is 4.31 Å². The molecule has 5 aromatic rings. The highest BCUT2D eigenvalue weighted by atomic mass is 32.2. The number of piperidine rings is 1. The van der Waals surface area contributed by atoms with Gasteiger partial charge in [-0.2, -0.15) is 9.40 Å². The molecule has 1 atom stereocenters. The number of nitrogen functional groups attached to an aromatic ring is 1. The van der Waals surface area contributed by atoms with E-state index < -0.39 is 44.2 Å². The number of nitrogens with zero attached hydrogens (tertiary/aromatic N) is 5. The summed E-state index contributed by atoms with van der Waals surface area (Å²) < 4.78 is 91.3. The first-order chi connectivity index (χ1) is 20.1. The van der Waals surface area contributed by atoms with Crippen LogP contribution in [0.15, 0.2) is 71.9 Å². The highest BCUT2D eigenvalue weighted by molar-refractivity contribution is 7.89. The van der Waals surface area contributed by atoms with Crippen LogP contribution in [0.3, 0.4) is 0 Å². The number of hydrogen-bond acceptors (Lipinski definition) is 7. The van der Waals surface area contributed by atoms with Gasteiger partial charge in [0.2, 0.25) is 10.0 Å². The molecular weight excluding hydrogens is 576 g/mol. The molecule has 0 unspecified atom stereocenters. The second-order valence-electron chi connectivity index (χ2n) is 9.65. The van der Waals surface area contributed by atoms with Gasteiger partial charge < -0.3 is 10.5 Å². The smallest absolute Gasteiger partial charge is 0.249 e. The van der Waals surface area contributed by atoms with E-state index >= 15 is 0 Å². The van der Waals surface area contributed by atoms with Gasteiger partial charge in [-0.3, -0.25) is 0 Å². The van der Waals surface area contributed by atoms with Gasteiger partial charge in [0.05, 0.1) is 11.4 Å². The SMILES string of the molecule is Nc1ncnc2c1c(-c1ccc(Oc3ccccc3)cc1)nn2[C@@H]1CCCN(S(=O)(=O)c2c(F)c(F)cc(F)c2F)C1. The van der Waals surface area contributed by atoms with Crippen molar-refractivity contribution in [3.8, 4) is 22.8 Å². The number of sulfonamides is 1. The number of rotatable bonds is 6. The molecule has 216 valence electrons. The zero-order valence-corrected chi connectivity index (χ0v) is 22.5. The quantitative estimate of drug-likeness (QED) is 0.204. The van der Waals surface area contributed by atoms with E-state index in [2.05, 4.69) is 9.97 Å². The fraction of sp³-hybridized carbons (Fsp3) is 0.179. The third-order valence-electron chi connectivity index (χ3n) is 7.00. The van der Waals surface area contributed by atoms with Gasteiger partial charge in [0.15, 0.2) is 33.8 Å². The Morgan fingerprint density at radius 2 is 1.57 bits per heavy atom. The summed E-state index contributed by atoms with van der Waals surface area (Å²) >= 11 is 0. The van der Waals surface area contributed by atoms with Crippen molar-refractivity contribution in [3.05, 3.63) is 90.3 Å². The van der Waals surface area contributed by atoms with E-state index in [0.29, 0.717) is 40.2 Å². The molecule has 0 spiro atoms. The van der Waals surface area contributed by atoms with Crippen molar-refractivity contribution in [3.63, 3.8) is 0 Å². The first-order valence-electron chi connectivity index (χ1n) is 12.8. The lowest BCUT2D eigenvalue weighted by molar-refractivity contribution is 0.255. The van der Waals surface area contributed by atoms with Crippen LogP contribution in [-0.4, -0.2) is 45.6 Å². The zero-order chi connectivity index (χ0) is 29.6. The number of nitrogens with two attached hydrogens (primary N) is 1. The predicted molar refractivity (Wildman–Crippen MR) is 145 cm³/mol. The Morgan fingerprint density at radius 3 is 2.26 bits per heavy atom. The van der Waals surface area contributed by atoms with Gasteiger partial charge in [0.25, 0.3) is 0 Å². The fourth-order valence-electron chi connectivity index (χ4n) is 5.00. The maximum absolute atomic E-state index is 14.5. The Labute approximate surface area is 237 Å². The van der Waals surface area contributed by atoms with E-state index in [4.69, 9.17) is 15.6 Å². The molecule has 9 nitrogen and oxygen atoms in total. The largest absolute Gasteiger partial charge is 0.457 e. The van der Waals surface area contributed by atoms with Crippen LogP contribution in [0.4, 0.5) is 23.4 Å². The minimum atomic E-state index is -4.96. The summed E-state index contributed by atoms with van der Waals surface area (Å²) in [4.78, 5) is 6.74. The summed E-state index contributed by atoms with van der Waals surface area (Å²) in [6.07, 6.45) is 1.94. The molecule has 0 radical (unpaired) electrons. The Hall–Kier alpha value is -4.56. The van der Waals surface area contributed by atoms with E-state index in [1.165, 1.54) is 11.0 Å². The number of para-hydroxylation sites is 1. The molecule has 3 heterocycles. The average molecular weight is 599 g/mol. The van der Waals surface area contributed by atoms with E-state index in [-0.39, 0.29) is 31.4 Å². The minimum absolute atomic E-state index is 0.0372. The highest BCUT2D eigenvalue weighted by Crippen LogP contribution is 2.36. The highest BCUT2D eigenvalue weighted by Gasteiger charge is 2.38. The number of fused-ring (bicyclic) bond motifs is 1. The van der Waals surface area contributed by atoms with Gasteiger partial charge in [-0.15, -0.1) is 0 Å². The lowest BCUT2D eigenvalue weighted by atomic mass is 10.1. The number of anilines is 1. The van der Waals surface area contributed by atoms with Crippen LogP contribution in [0.2, 0.25) is 0 Å². The van der Waals surface area contributed by atoms with Gasteiger partial charge in [-0.25, -0.2) is 40.6 Å². The van der Waals surface area contributed by atoms with Crippen LogP contribution in [-0.2, 0) is 10.0 Å². The molecule has 42 heavy (non-hydrogen) atoms. The summed E-state index contributed by atoms with van der Waals surface area (Å²) in [6.45, 7) is -0.411. The van der Waals surface area contributed by atoms with Crippen LogP contribution >= 0.6 is 0 Å². The van der Waals surface area contributed by atoms with Gasteiger partial charge in [-0.1, -0.05) is 18.2 Å². The lowest BCUT2D eigenvalue weighted by Crippen LogP contribution is -2.41. The molecule has 1 aliphatic heterocycles. The summed E-state index contributed by atoms with van der Waals surface area (Å²) in [5.41, 5.74) is 7.62. The van der Waals surface area contributed by atoms with E-state index in [1.54, 1.807) is 24.3 Å². The monoisotopic (exact) mass is 598 g/mol. The Balaban J connectivity index is 1.35. The van der Waals surface area contributed by atoms with Crippen LogP contribution in [0.1, 0.15) is 18.9 Å². The van der Waals surface area contributed by atoms with Gasteiger partial charge in [0, 0.05) is 24.7 Å². The number of ether oxygens (including phenoxy) is 1. The van der Waals surface area contributed by atoms with Crippen molar-refractivity contribution < 1.29 is 30.7 Å². The normalized spacial score (nSPS) is 16.1. The molecular formula is C28H22F4N6O3S. The summed E-state index contributed by atoms with van der Waals surface area (Å²) in [5.74, 6) is -6.20. The van der Waals surface area contributed by atoms with Crippen LogP contribution in [0.25, 0.3) is 22.3 Å². The first-order valence-corrected chi connectivity index (χ1v) is 14.2. The molecule has 2 aromatic heterocycles. The number of aromatic nitrogens is 4. The molecule has 0 bridgehead atoms. The second-order valence-corrected chi connectivity index (χ2v) is 11.5. The maximum atomic E-state index is 14.5. The molecule has 1 aliphatic rings. The van der Waals surface area contributed by atoms with Crippen LogP contribution in [0.5, 0.6) is 11.5 Å².